The molecule has 1 aromatic carbocycles. The third-order valence-electron chi connectivity index (χ3n) is 3.80. The summed E-state index contributed by atoms with van der Waals surface area (Å²) in [5.74, 6) is 7.46. The normalized spacial score (nSPS) is 18.4. The Morgan fingerprint density at radius 2 is 2.15 bits per heavy atom. The number of nitrogens with zero attached hydrogens (tertiary/aromatic N) is 1. The van der Waals surface area contributed by atoms with Crippen molar-refractivity contribution in [3.05, 3.63) is 53.7 Å². The highest BCUT2D eigenvalue weighted by molar-refractivity contribution is 5.43. The fourth-order valence-electron chi connectivity index (χ4n) is 2.70. The van der Waals surface area contributed by atoms with E-state index in [4.69, 9.17) is 16.3 Å². The lowest BCUT2D eigenvalue weighted by atomic mass is 9.89. The molecule has 0 fully saturated rings. The molecule has 2 unspecified atom stereocenters. The van der Waals surface area contributed by atoms with Crippen LogP contribution >= 0.6 is 0 Å². The van der Waals surface area contributed by atoms with E-state index in [0.717, 1.165) is 17.7 Å². The predicted octanol–water partition coefficient (Wildman–Crippen LogP) is 1.21. The van der Waals surface area contributed by atoms with E-state index in [1.807, 2.05) is 30.3 Å². The van der Waals surface area contributed by atoms with Crippen molar-refractivity contribution < 1.29 is 4.74 Å². The average Bonchev–Trinajstić information content (AvgIpc) is 2.90. The van der Waals surface area contributed by atoms with Crippen molar-refractivity contribution in [2.45, 2.75) is 18.4 Å². The van der Waals surface area contributed by atoms with Gasteiger partial charge in [0.25, 0.3) is 0 Å². The van der Waals surface area contributed by atoms with Gasteiger partial charge in [0.1, 0.15) is 11.6 Å². The SMILES string of the molecule is NNC(Cc1cccnc1N)C1COc2ccccc21. The maximum absolute atomic E-state index is 5.91. The van der Waals surface area contributed by atoms with Gasteiger partial charge < -0.3 is 10.5 Å². The van der Waals surface area contributed by atoms with Gasteiger partial charge in [-0.3, -0.25) is 11.3 Å². The van der Waals surface area contributed by atoms with Gasteiger partial charge in [0.05, 0.1) is 6.61 Å². The first kappa shape index (κ1) is 12.9. The van der Waals surface area contributed by atoms with Crippen LogP contribution in [0.2, 0.25) is 0 Å². The molecule has 0 spiro atoms. The summed E-state index contributed by atoms with van der Waals surface area (Å²) in [6.45, 7) is 0.633. The molecule has 5 N–H and O–H groups in total. The summed E-state index contributed by atoms with van der Waals surface area (Å²) in [6.07, 6.45) is 2.41. The minimum absolute atomic E-state index is 0.0603. The molecule has 1 aliphatic heterocycles. The molecule has 1 aromatic heterocycles. The molecule has 0 saturated carbocycles. The number of pyridine rings is 1. The molecule has 2 aromatic rings. The van der Waals surface area contributed by atoms with Gasteiger partial charge in [-0.2, -0.15) is 0 Å². The Balaban J connectivity index is 1.83. The minimum atomic E-state index is 0.0603. The lowest BCUT2D eigenvalue weighted by molar-refractivity contribution is 0.297. The number of hydrogen-bond donors (Lipinski definition) is 3. The first-order chi connectivity index (χ1) is 9.79. The number of hydrazine groups is 1. The van der Waals surface area contributed by atoms with Crippen LogP contribution in [-0.2, 0) is 6.42 Å². The topological polar surface area (TPSA) is 86.2 Å². The number of nitrogens with two attached hydrogens (primary N) is 2. The molecular formula is C15H18N4O. The van der Waals surface area contributed by atoms with Crippen LogP contribution < -0.4 is 21.7 Å². The summed E-state index contributed by atoms with van der Waals surface area (Å²) in [6, 6.07) is 12.0. The van der Waals surface area contributed by atoms with E-state index < -0.39 is 0 Å². The zero-order valence-electron chi connectivity index (χ0n) is 11.1. The summed E-state index contributed by atoms with van der Waals surface area (Å²) >= 11 is 0. The van der Waals surface area contributed by atoms with E-state index in [0.29, 0.717) is 12.4 Å². The molecule has 0 saturated heterocycles. The van der Waals surface area contributed by atoms with Crippen molar-refractivity contribution in [3.63, 3.8) is 0 Å². The lowest BCUT2D eigenvalue weighted by Gasteiger charge is -2.22. The highest BCUT2D eigenvalue weighted by atomic mass is 16.5. The van der Waals surface area contributed by atoms with Crippen molar-refractivity contribution in [1.82, 2.24) is 10.4 Å². The Bertz CT molecular complexity index is 602. The number of aromatic nitrogens is 1. The first-order valence-electron chi connectivity index (χ1n) is 6.67. The van der Waals surface area contributed by atoms with Crippen LogP contribution in [0.4, 0.5) is 5.82 Å². The molecule has 0 amide bonds. The van der Waals surface area contributed by atoms with Crippen LogP contribution in [-0.4, -0.2) is 17.6 Å². The second-order valence-corrected chi connectivity index (χ2v) is 4.98. The largest absolute Gasteiger partial charge is 0.493 e. The molecule has 104 valence electrons. The number of ether oxygens (including phenoxy) is 1. The van der Waals surface area contributed by atoms with Gasteiger partial charge in [-0.15, -0.1) is 0 Å². The monoisotopic (exact) mass is 270 g/mol. The van der Waals surface area contributed by atoms with E-state index in [1.165, 1.54) is 5.56 Å². The number of nitrogen functional groups attached to an aromatic ring is 1. The van der Waals surface area contributed by atoms with Crippen LogP contribution in [0.15, 0.2) is 42.6 Å². The van der Waals surface area contributed by atoms with Crippen LogP contribution in [0.25, 0.3) is 0 Å². The fraction of sp³-hybridized carbons (Fsp3) is 0.267. The highest BCUT2D eigenvalue weighted by Gasteiger charge is 2.31. The zero-order valence-corrected chi connectivity index (χ0v) is 11.1. The summed E-state index contributed by atoms with van der Waals surface area (Å²) in [7, 11) is 0. The molecule has 20 heavy (non-hydrogen) atoms. The maximum Gasteiger partial charge on any atom is 0.126 e. The molecule has 0 aliphatic carbocycles. The Hall–Kier alpha value is -2.11. The number of benzene rings is 1. The maximum atomic E-state index is 5.91. The number of hydrogen-bond acceptors (Lipinski definition) is 5. The summed E-state index contributed by atoms with van der Waals surface area (Å²) in [5, 5.41) is 0. The van der Waals surface area contributed by atoms with Crippen LogP contribution in [0.3, 0.4) is 0 Å². The lowest BCUT2D eigenvalue weighted by Crippen LogP contribution is -2.42. The average molecular weight is 270 g/mol. The molecule has 1 aliphatic rings. The van der Waals surface area contributed by atoms with Gasteiger partial charge in [-0.25, -0.2) is 4.98 Å². The van der Waals surface area contributed by atoms with Crippen LogP contribution in [0.1, 0.15) is 17.0 Å². The molecule has 5 heteroatoms. The van der Waals surface area contributed by atoms with Crippen molar-refractivity contribution in [3.8, 4) is 5.75 Å². The third-order valence-corrected chi connectivity index (χ3v) is 3.80. The second-order valence-electron chi connectivity index (χ2n) is 4.98. The van der Waals surface area contributed by atoms with Gasteiger partial charge in [-0.05, 0) is 24.1 Å². The molecule has 2 heterocycles. The van der Waals surface area contributed by atoms with Crippen molar-refractivity contribution in [2.75, 3.05) is 12.3 Å². The van der Waals surface area contributed by atoms with E-state index >= 15 is 0 Å². The van der Waals surface area contributed by atoms with E-state index in [2.05, 4.69) is 16.5 Å². The molecule has 3 rings (SSSR count). The van der Waals surface area contributed by atoms with Gasteiger partial charge in [0.2, 0.25) is 0 Å². The summed E-state index contributed by atoms with van der Waals surface area (Å²) < 4.78 is 5.72. The Kier molecular flexibility index (Phi) is 3.54. The van der Waals surface area contributed by atoms with Gasteiger partial charge in [0.15, 0.2) is 0 Å². The number of anilines is 1. The molecule has 0 bridgehead atoms. The molecule has 0 radical (unpaired) electrons. The van der Waals surface area contributed by atoms with Gasteiger partial charge in [0, 0.05) is 23.7 Å². The number of fused-ring (bicyclic) bond motifs is 1. The van der Waals surface area contributed by atoms with Crippen LogP contribution in [0.5, 0.6) is 5.75 Å². The number of para-hydroxylation sites is 1. The molecular weight excluding hydrogens is 252 g/mol. The van der Waals surface area contributed by atoms with Crippen LogP contribution in [0, 0.1) is 0 Å². The minimum Gasteiger partial charge on any atom is -0.493 e. The molecule has 2 atom stereocenters. The quantitative estimate of drug-likeness (QED) is 0.574. The van der Waals surface area contributed by atoms with E-state index in [-0.39, 0.29) is 12.0 Å². The summed E-state index contributed by atoms with van der Waals surface area (Å²) in [5.41, 5.74) is 11.0. The first-order valence-corrected chi connectivity index (χ1v) is 6.67. The third kappa shape index (κ3) is 2.33. The second kappa shape index (κ2) is 5.48. The Morgan fingerprint density at radius 1 is 1.30 bits per heavy atom. The number of rotatable bonds is 4. The highest BCUT2D eigenvalue weighted by Crippen LogP contribution is 2.36. The van der Waals surface area contributed by atoms with Crippen molar-refractivity contribution >= 4 is 5.82 Å². The zero-order chi connectivity index (χ0) is 13.9. The van der Waals surface area contributed by atoms with Crippen molar-refractivity contribution in [1.29, 1.82) is 0 Å². The van der Waals surface area contributed by atoms with E-state index in [9.17, 15) is 0 Å². The Labute approximate surface area is 117 Å². The standard InChI is InChI=1S/C15H18N4O/c16-15-10(4-3-7-18-15)8-13(19-17)12-9-20-14-6-2-1-5-11(12)14/h1-7,12-13,19H,8-9,17H2,(H2,16,18). The summed E-state index contributed by atoms with van der Waals surface area (Å²) in [4.78, 5) is 4.12. The number of nitrogens with one attached hydrogen (secondary N) is 1. The van der Waals surface area contributed by atoms with Gasteiger partial charge >= 0.3 is 0 Å². The smallest absolute Gasteiger partial charge is 0.126 e. The van der Waals surface area contributed by atoms with E-state index in [1.54, 1.807) is 6.20 Å². The molecule has 5 nitrogen and oxygen atoms in total. The fourth-order valence-corrected chi connectivity index (χ4v) is 2.70. The van der Waals surface area contributed by atoms with Gasteiger partial charge in [-0.1, -0.05) is 24.3 Å². The Morgan fingerprint density at radius 3 is 2.95 bits per heavy atom. The predicted molar refractivity (Wildman–Crippen MR) is 78.1 cm³/mol. The van der Waals surface area contributed by atoms with Crippen molar-refractivity contribution in [2.24, 2.45) is 5.84 Å².